The van der Waals surface area contributed by atoms with E-state index in [9.17, 15) is 14.4 Å². The van der Waals surface area contributed by atoms with E-state index in [0.717, 1.165) is 17.5 Å². The Kier molecular flexibility index (Phi) is 3.86. The van der Waals surface area contributed by atoms with Gasteiger partial charge in [0.15, 0.2) is 0 Å². The molecule has 0 spiro atoms. The van der Waals surface area contributed by atoms with Gasteiger partial charge in [-0.1, -0.05) is 29.8 Å². The number of aryl methyl sites for hydroxylation is 2. The van der Waals surface area contributed by atoms with Gasteiger partial charge in [0.25, 0.3) is 0 Å². The summed E-state index contributed by atoms with van der Waals surface area (Å²) in [7, 11) is 0. The summed E-state index contributed by atoms with van der Waals surface area (Å²) in [4.78, 5) is 39.1. The van der Waals surface area contributed by atoms with Gasteiger partial charge in [0.1, 0.15) is 6.17 Å². The number of fused-ring (bicyclic) bond motifs is 5. The highest BCUT2D eigenvalue weighted by Gasteiger charge is 2.60. The molecule has 136 valence electrons. The van der Waals surface area contributed by atoms with E-state index in [1.807, 2.05) is 32.0 Å². The van der Waals surface area contributed by atoms with Gasteiger partial charge in [0, 0.05) is 5.69 Å². The van der Waals surface area contributed by atoms with Crippen molar-refractivity contribution in [2.45, 2.75) is 33.4 Å². The number of carbonyl (C=O) groups is 3. The van der Waals surface area contributed by atoms with Crippen molar-refractivity contribution in [3.8, 4) is 0 Å². The van der Waals surface area contributed by atoms with Crippen molar-refractivity contribution in [3.05, 3.63) is 41.5 Å². The summed E-state index contributed by atoms with van der Waals surface area (Å²) in [5, 5.41) is 5.52. The molecule has 2 fully saturated rings. The van der Waals surface area contributed by atoms with Crippen LogP contribution in [0.4, 0.5) is 10.5 Å². The molecular weight excluding hydrogens is 330 g/mol. The molecule has 0 aromatic heterocycles. The van der Waals surface area contributed by atoms with Crippen LogP contribution in [0.1, 0.15) is 24.5 Å². The first kappa shape index (κ1) is 16.8. The van der Waals surface area contributed by atoms with E-state index in [-0.39, 0.29) is 35.5 Å². The maximum atomic E-state index is 12.8. The summed E-state index contributed by atoms with van der Waals surface area (Å²) in [6.07, 6.45) is 4.35. The highest BCUT2D eigenvalue weighted by Crippen LogP contribution is 2.52. The predicted octanol–water partition coefficient (Wildman–Crippen LogP) is 2.58. The minimum atomic E-state index is -0.675. The molecule has 2 N–H and O–H groups in total. The average molecular weight is 353 g/mol. The lowest BCUT2D eigenvalue weighted by Gasteiger charge is -2.25. The number of anilines is 1. The molecule has 5 unspecified atom stereocenters. The third kappa shape index (κ3) is 2.52. The van der Waals surface area contributed by atoms with Crippen LogP contribution in [0.5, 0.6) is 0 Å². The molecular formula is C20H23N3O3. The average Bonchev–Trinajstić information content (AvgIpc) is 3.24. The maximum absolute atomic E-state index is 12.8. The molecule has 2 bridgehead atoms. The fourth-order valence-electron chi connectivity index (χ4n) is 4.67. The fourth-order valence-corrected chi connectivity index (χ4v) is 4.67. The van der Waals surface area contributed by atoms with Crippen LogP contribution in [-0.4, -0.2) is 28.9 Å². The molecule has 4 amide bonds. The zero-order chi connectivity index (χ0) is 18.6. The summed E-state index contributed by atoms with van der Waals surface area (Å²) in [6.45, 7) is 5.58. The van der Waals surface area contributed by atoms with Gasteiger partial charge in [-0.3, -0.25) is 14.5 Å². The minimum Gasteiger partial charge on any atom is -0.317 e. The Balaban J connectivity index is 1.43. The second-order valence-electron chi connectivity index (χ2n) is 7.64. The monoisotopic (exact) mass is 353 g/mol. The van der Waals surface area contributed by atoms with Crippen molar-refractivity contribution in [2.24, 2.45) is 23.7 Å². The van der Waals surface area contributed by atoms with Crippen LogP contribution in [0.15, 0.2) is 30.4 Å². The highest BCUT2D eigenvalue weighted by atomic mass is 16.2. The van der Waals surface area contributed by atoms with E-state index in [4.69, 9.17) is 0 Å². The van der Waals surface area contributed by atoms with E-state index < -0.39 is 12.2 Å². The van der Waals surface area contributed by atoms with Crippen LogP contribution in [0.25, 0.3) is 0 Å². The van der Waals surface area contributed by atoms with E-state index in [0.29, 0.717) is 5.69 Å². The molecule has 1 saturated heterocycles. The van der Waals surface area contributed by atoms with Gasteiger partial charge < -0.3 is 10.6 Å². The molecule has 4 rings (SSSR count). The lowest BCUT2D eigenvalue weighted by molar-refractivity contribution is -0.143. The number of imide groups is 1. The van der Waals surface area contributed by atoms with Crippen LogP contribution in [0.2, 0.25) is 0 Å². The molecule has 1 aromatic carbocycles. The lowest BCUT2D eigenvalue weighted by atomic mass is 9.85. The molecule has 1 aromatic rings. The number of likely N-dealkylation sites (tertiary alicyclic amines) is 1. The summed E-state index contributed by atoms with van der Waals surface area (Å²) in [5.74, 6) is -0.467. The molecule has 0 radical (unpaired) electrons. The standard InChI is InChI=1S/C20H23N3O3/c1-10-4-7-15(11(2)8-10)22-20(26)21-12(3)23-18(24)16-13-5-6-14(9-13)17(16)19(23)25/h4-8,12-14,16-17H,9H2,1-3H3,(H2,21,22,26). The molecule has 2 aliphatic carbocycles. The van der Waals surface area contributed by atoms with Gasteiger partial charge >= 0.3 is 6.03 Å². The van der Waals surface area contributed by atoms with Crippen molar-refractivity contribution in [3.63, 3.8) is 0 Å². The van der Waals surface area contributed by atoms with Crippen LogP contribution < -0.4 is 10.6 Å². The number of rotatable bonds is 3. The van der Waals surface area contributed by atoms with Crippen LogP contribution >= 0.6 is 0 Å². The summed E-state index contributed by atoms with van der Waals surface area (Å²) in [5.41, 5.74) is 2.78. The molecule has 6 heteroatoms. The number of nitrogens with one attached hydrogen (secondary N) is 2. The SMILES string of the molecule is Cc1ccc(NC(=O)NC(C)N2C(=O)C3C4C=CC(C4)C3C2=O)c(C)c1. The Hall–Kier alpha value is -2.63. The van der Waals surface area contributed by atoms with Crippen molar-refractivity contribution in [2.75, 3.05) is 5.32 Å². The smallest absolute Gasteiger partial charge is 0.317 e. The highest BCUT2D eigenvalue weighted by molar-refractivity contribution is 6.07. The molecule has 5 atom stereocenters. The second kappa shape index (κ2) is 5.97. The third-order valence-corrected chi connectivity index (χ3v) is 5.86. The number of benzene rings is 1. The topological polar surface area (TPSA) is 78.5 Å². The maximum Gasteiger partial charge on any atom is 0.320 e. The van der Waals surface area contributed by atoms with E-state index in [2.05, 4.69) is 22.8 Å². The number of allylic oxidation sites excluding steroid dienone is 2. The quantitative estimate of drug-likeness (QED) is 0.647. The molecule has 1 heterocycles. The van der Waals surface area contributed by atoms with Crippen molar-refractivity contribution in [1.29, 1.82) is 0 Å². The third-order valence-electron chi connectivity index (χ3n) is 5.86. The normalized spacial score (nSPS) is 29.9. The number of carbonyl (C=O) groups excluding carboxylic acids is 3. The largest absolute Gasteiger partial charge is 0.320 e. The van der Waals surface area contributed by atoms with Gasteiger partial charge in [-0.25, -0.2) is 4.79 Å². The van der Waals surface area contributed by atoms with E-state index in [1.54, 1.807) is 6.92 Å². The first-order valence-corrected chi connectivity index (χ1v) is 9.07. The van der Waals surface area contributed by atoms with Crippen molar-refractivity contribution < 1.29 is 14.4 Å². The van der Waals surface area contributed by atoms with Crippen LogP contribution in [0.3, 0.4) is 0 Å². The van der Waals surface area contributed by atoms with Gasteiger partial charge in [0.05, 0.1) is 11.8 Å². The zero-order valence-corrected chi connectivity index (χ0v) is 15.2. The van der Waals surface area contributed by atoms with Crippen LogP contribution in [0, 0.1) is 37.5 Å². The van der Waals surface area contributed by atoms with E-state index >= 15 is 0 Å². The molecule has 3 aliphatic rings. The number of hydrogen-bond donors (Lipinski definition) is 2. The summed E-state index contributed by atoms with van der Waals surface area (Å²) >= 11 is 0. The van der Waals surface area contributed by atoms with Gasteiger partial charge in [-0.2, -0.15) is 0 Å². The Morgan fingerprint density at radius 1 is 1.12 bits per heavy atom. The Labute approximate surface area is 152 Å². The predicted molar refractivity (Wildman–Crippen MR) is 97.1 cm³/mol. The molecule has 1 aliphatic heterocycles. The minimum absolute atomic E-state index is 0.156. The summed E-state index contributed by atoms with van der Waals surface area (Å²) in [6, 6.07) is 5.32. The molecule has 6 nitrogen and oxygen atoms in total. The first-order chi connectivity index (χ1) is 12.4. The first-order valence-electron chi connectivity index (χ1n) is 9.07. The van der Waals surface area contributed by atoms with E-state index in [1.165, 1.54) is 4.90 Å². The number of amides is 4. The van der Waals surface area contributed by atoms with Gasteiger partial charge in [0.2, 0.25) is 11.8 Å². The van der Waals surface area contributed by atoms with Crippen LogP contribution in [-0.2, 0) is 9.59 Å². The fraction of sp³-hybridized carbons (Fsp3) is 0.450. The number of urea groups is 1. The number of hydrogen-bond acceptors (Lipinski definition) is 3. The number of nitrogens with zero attached hydrogens (tertiary/aromatic N) is 1. The molecule has 1 saturated carbocycles. The Bertz CT molecular complexity index is 802. The van der Waals surface area contributed by atoms with Crippen molar-refractivity contribution in [1.82, 2.24) is 10.2 Å². The van der Waals surface area contributed by atoms with Crippen molar-refractivity contribution >= 4 is 23.5 Å². The Morgan fingerprint density at radius 3 is 2.31 bits per heavy atom. The summed E-state index contributed by atoms with van der Waals surface area (Å²) < 4.78 is 0. The Morgan fingerprint density at radius 2 is 1.73 bits per heavy atom. The lowest BCUT2D eigenvalue weighted by Crippen LogP contribution is -2.51. The molecule has 26 heavy (non-hydrogen) atoms. The second-order valence-corrected chi connectivity index (χ2v) is 7.64. The zero-order valence-electron chi connectivity index (χ0n) is 15.2. The van der Waals surface area contributed by atoms with Gasteiger partial charge in [-0.05, 0) is 50.7 Å². The van der Waals surface area contributed by atoms with Gasteiger partial charge in [-0.15, -0.1) is 0 Å².